The molecule has 0 unspecified atom stereocenters. The van der Waals surface area contributed by atoms with E-state index in [1.165, 1.54) is 0 Å². The first-order valence-corrected chi connectivity index (χ1v) is 12.3. The van der Waals surface area contributed by atoms with Gasteiger partial charge in [0.1, 0.15) is 23.8 Å². The molecule has 5 aromatic rings. The van der Waals surface area contributed by atoms with Crippen molar-refractivity contribution >= 4 is 45.9 Å². The van der Waals surface area contributed by atoms with Crippen LogP contribution in [0.25, 0.3) is 22.2 Å². The predicted molar refractivity (Wildman–Crippen MR) is 139 cm³/mol. The van der Waals surface area contributed by atoms with E-state index in [4.69, 9.17) is 26.2 Å². The molecule has 2 aromatic carbocycles. The minimum absolute atomic E-state index is 0.226. The summed E-state index contributed by atoms with van der Waals surface area (Å²) in [7, 11) is 1.62. The molecule has 0 aliphatic rings. The fourth-order valence-corrected chi connectivity index (χ4v) is 4.29. The Kier molecular flexibility index (Phi) is 6.80. The Morgan fingerprint density at radius 2 is 1.91 bits per heavy atom. The van der Waals surface area contributed by atoms with E-state index in [0.29, 0.717) is 33.9 Å². The first-order valence-electron chi connectivity index (χ1n) is 10.7. The van der Waals surface area contributed by atoms with Crippen LogP contribution in [0.2, 0.25) is 5.02 Å². The molecule has 0 aliphatic heterocycles. The van der Waals surface area contributed by atoms with Crippen LogP contribution in [0.4, 0.5) is 11.6 Å². The summed E-state index contributed by atoms with van der Waals surface area (Å²) in [5.41, 5.74) is 2.18. The van der Waals surface area contributed by atoms with Gasteiger partial charge in [-0.2, -0.15) is 5.10 Å². The van der Waals surface area contributed by atoms with E-state index >= 15 is 0 Å². The number of hydrogen-bond acceptors (Lipinski definition) is 8. The number of methoxy groups -OCH3 is 1. The van der Waals surface area contributed by atoms with E-state index < -0.39 is 0 Å². The van der Waals surface area contributed by atoms with E-state index in [0.717, 1.165) is 21.4 Å². The molecule has 0 radical (unpaired) electrons. The number of aromatic nitrogens is 5. The lowest BCUT2D eigenvalue weighted by Crippen LogP contribution is -2.03. The summed E-state index contributed by atoms with van der Waals surface area (Å²) in [6.45, 7) is 0.226. The van der Waals surface area contributed by atoms with Gasteiger partial charge in [0.25, 0.3) is 0 Å². The normalized spacial score (nSPS) is 11.1. The van der Waals surface area contributed by atoms with Crippen molar-refractivity contribution in [1.82, 2.24) is 24.7 Å². The molecule has 0 saturated heterocycles. The molecule has 0 atom stereocenters. The van der Waals surface area contributed by atoms with Gasteiger partial charge in [0, 0.05) is 41.5 Å². The second-order valence-electron chi connectivity index (χ2n) is 7.46. The highest BCUT2D eigenvalue weighted by Gasteiger charge is 2.20. The van der Waals surface area contributed by atoms with Gasteiger partial charge in [0.2, 0.25) is 0 Å². The first kappa shape index (κ1) is 23.1. The summed E-state index contributed by atoms with van der Waals surface area (Å²) < 4.78 is 13.6. The van der Waals surface area contributed by atoms with Gasteiger partial charge in [0.05, 0.1) is 16.9 Å². The van der Waals surface area contributed by atoms with Crippen molar-refractivity contribution in [3.8, 4) is 22.8 Å². The van der Waals surface area contributed by atoms with E-state index in [1.54, 1.807) is 54.4 Å². The Hall–Kier alpha value is -3.66. The van der Waals surface area contributed by atoms with Crippen LogP contribution < -0.4 is 10.1 Å². The lowest BCUT2D eigenvalue weighted by Gasteiger charge is -2.12. The highest BCUT2D eigenvalue weighted by Crippen LogP contribution is 2.40. The zero-order valence-corrected chi connectivity index (χ0v) is 20.5. The summed E-state index contributed by atoms with van der Waals surface area (Å²) >= 11 is 8.17. The monoisotopic (exact) mass is 504 g/mol. The number of pyridine rings is 1. The molecule has 0 aliphatic carbocycles. The van der Waals surface area contributed by atoms with Crippen LogP contribution in [0.1, 0.15) is 0 Å². The zero-order valence-electron chi connectivity index (χ0n) is 19.0. The molecule has 3 aromatic heterocycles. The number of nitrogens with one attached hydrogen (secondary N) is 1. The van der Waals surface area contributed by atoms with Crippen molar-refractivity contribution < 1.29 is 9.47 Å². The maximum atomic E-state index is 6.50. The summed E-state index contributed by atoms with van der Waals surface area (Å²) in [5, 5.41) is 9.32. The third-order valence-corrected chi connectivity index (χ3v) is 6.24. The SMILES string of the molecule is COCn1nc(Nc2cnccn2)c2cc(-c3ncccc3Cl)cc(Oc3ccc(SC)cc3)c21. The number of benzene rings is 2. The van der Waals surface area contributed by atoms with Crippen LogP contribution in [0.5, 0.6) is 11.5 Å². The number of fused-ring (bicyclic) bond motifs is 1. The number of ether oxygens (including phenoxy) is 2. The largest absolute Gasteiger partial charge is 0.455 e. The van der Waals surface area contributed by atoms with Crippen LogP contribution >= 0.6 is 23.4 Å². The second-order valence-corrected chi connectivity index (χ2v) is 8.75. The van der Waals surface area contributed by atoms with E-state index in [1.807, 2.05) is 48.7 Å². The lowest BCUT2D eigenvalue weighted by atomic mass is 10.1. The van der Waals surface area contributed by atoms with Crippen molar-refractivity contribution in [2.75, 3.05) is 18.7 Å². The summed E-state index contributed by atoms with van der Waals surface area (Å²) in [6.07, 6.45) is 8.60. The van der Waals surface area contributed by atoms with Crippen molar-refractivity contribution in [3.05, 3.63) is 78.3 Å². The molecule has 0 saturated carbocycles. The molecule has 3 heterocycles. The Labute approximate surface area is 211 Å². The molecule has 0 spiro atoms. The highest BCUT2D eigenvalue weighted by molar-refractivity contribution is 7.98. The Morgan fingerprint density at radius 1 is 1.06 bits per heavy atom. The topological polar surface area (TPSA) is 87.0 Å². The molecule has 5 rings (SSSR count). The molecule has 10 heteroatoms. The summed E-state index contributed by atoms with van der Waals surface area (Å²) in [4.78, 5) is 14.1. The van der Waals surface area contributed by atoms with Crippen molar-refractivity contribution in [1.29, 1.82) is 0 Å². The minimum atomic E-state index is 0.226. The maximum absolute atomic E-state index is 6.50. The maximum Gasteiger partial charge on any atom is 0.161 e. The number of anilines is 2. The molecule has 0 bridgehead atoms. The van der Waals surface area contributed by atoms with Gasteiger partial charge in [-0.25, -0.2) is 9.67 Å². The molecular formula is C25H21ClN6O2S. The Balaban J connectivity index is 1.70. The average Bonchev–Trinajstić information content (AvgIpc) is 3.22. The zero-order chi connectivity index (χ0) is 24.2. The van der Waals surface area contributed by atoms with Gasteiger partial charge < -0.3 is 14.8 Å². The van der Waals surface area contributed by atoms with Crippen LogP contribution in [-0.4, -0.2) is 38.1 Å². The molecule has 8 nitrogen and oxygen atoms in total. The van der Waals surface area contributed by atoms with Crippen molar-refractivity contribution in [3.63, 3.8) is 0 Å². The standard InChI is InChI=1S/C25H21ClN6O2S/c1-33-15-32-24-19(25(31-32)30-22-14-27-10-11-28-22)12-16(23-20(26)4-3-9-29-23)13-21(24)34-17-5-7-18(35-2)8-6-17/h3-14H,15H2,1-2H3,(H,28,30,31). The Bertz CT molecular complexity index is 1460. The second kappa shape index (κ2) is 10.3. The van der Waals surface area contributed by atoms with Gasteiger partial charge >= 0.3 is 0 Å². The van der Waals surface area contributed by atoms with Gasteiger partial charge in [-0.1, -0.05) is 11.6 Å². The number of rotatable bonds is 8. The van der Waals surface area contributed by atoms with Crippen molar-refractivity contribution in [2.24, 2.45) is 0 Å². The van der Waals surface area contributed by atoms with Gasteiger partial charge in [-0.15, -0.1) is 11.8 Å². The fraction of sp³-hybridized carbons (Fsp3) is 0.120. The number of nitrogens with zero attached hydrogens (tertiary/aromatic N) is 5. The van der Waals surface area contributed by atoms with E-state index in [9.17, 15) is 0 Å². The minimum Gasteiger partial charge on any atom is -0.455 e. The van der Waals surface area contributed by atoms with Gasteiger partial charge in [-0.05, 0) is 54.8 Å². The molecule has 35 heavy (non-hydrogen) atoms. The highest BCUT2D eigenvalue weighted by atomic mass is 35.5. The van der Waals surface area contributed by atoms with Crippen LogP contribution in [0, 0.1) is 0 Å². The smallest absolute Gasteiger partial charge is 0.161 e. The third kappa shape index (κ3) is 4.93. The van der Waals surface area contributed by atoms with E-state index in [-0.39, 0.29) is 6.73 Å². The Morgan fingerprint density at radius 3 is 2.63 bits per heavy atom. The fourth-order valence-electron chi connectivity index (χ4n) is 3.66. The van der Waals surface area contributed by atoms with Crippen molar-refractivity contribution in [2.45, 2.75) is 11.6 Å². The van der Waals surface area contributed by atoms with Gasteiger partial charge in [0.15, 0.2) is 11.6 Å². The average molecular weight is 505 g/mol. The quantitative estimate of drug-likeness (QED) is 0.243. The lowest BCUT2D eigenvalue weighted by molar-refractivity contribution is 0.124. The van der Waals surface area contributed by atoms with E-state index in [2.05, 4.69) is 20.3 Å². The third-order valence-electron chi connectivity index (χ3n) is 5.19. The van der Waals surface area contributed by atoms with Gasteiger partial charge in [-0.3, -0.25) is 9.97 Å². The molecule has 176 valence electrons. The summed E-state index contributed by atoms with van der Waals surface area (Å²) in [6, 6.07) is 15.4. The van der Waals surface area contributed by atoms with Crippen LogP contribution in [0.15, 0.2) is 78.2 Å². The first-order chi connectivity index (χ1) is 17.2. The number of thioether (sulfide) groups is 1. The summed E-state index contributed by atoms with van der Waals surface area (Å²) in [5.74, 6) is 2.43. The number of halogens is 1. The molecule has 1 N–H and O–H groups in total. The van der Waals surface area contributed by atoms with Crippen LogP contribution in [0.3, 0.4) is 0 Å². The molecular weight excluding hydrogens is 484 g/mol. The molecule has 0 amide bonds. The molecule has 0 fully saturated rings. The number of hydrogen-bond donors (Lipinski definition) is 1. The van der Waals surface area contributed by atoms with Crippen LogP contribution in [-0.2, 0) is 11.5 Å². The predicted octanol–water partition coefficient (Wildman–Crippen LogP) is 6.40.